The molecule has 0 saturated heterocycles. The van der Waals surface area contributed by atoms with Crippen LogP contribution in [0.15, 0.2) is 30.3 Å². The highest BCUT2D eigenvalue weighted by atomic mass is 16.2. The van der Waals surface area contributed by atoms with Gasteiger partial charge in [-0.2, -0.15) is 0 Å². The van der Waals surface area contributed by atoms with Crippen molar-refractivity contribution in [3.63, 3.8) is 0 Å². The fraction of sp³-hybridized carbons (Fsp3) is 0.611. The molecular weight excluding hydrogens is 260 g/mol. The van der Waals surface area contributed by atoms with Crippen molar-refractivity contribution >= 4 is 6.03 Å². The minimum atomic E-state index is -0.0114. The largest absolute Gasteiger partial charge is 0.335 e. The Balaban J connectivity index is 2.03. The van der Waals surface area contributed by atoms with Gasteiger partial charge in [-0.05, 0) is 24.3 Å². The van der Waals surface area contributed by atoms with E-state index in [-0.39, 0.29) is 12.1 Å². The standard InChI is InChI=1S/C18H28N2O/c1-3-14(4-2)17(15-10-6-5-7-11-15)20-18(21)19-16-12-8-9-13-16/h5-7,10-11,14,16-17H,3-4,8-9,12-13H2,1-2H3,(H2,19,20,21). The van der Waals surface area contributed by atoms with Crippen molar-refractivity contribution in [1.29, 1.82) is 0 Å². The molecule has 1 aromatic rings. The molecule has 21 heavy (non-hydrogen) atoms. The summed E-state index contributed by atoms with van der Waals surface area (Å²) in [5, 5.41) is 6.34. The Kier molecular flexibility index (Phi) is 6.09. The molecule has 1 aliphatic rings. The second-order valence-corrected chi connectivity index (χ2v) is 6.06. The molecule has 2 rings (SSSR count). The maximum absolute atomic E-state index is 12.3. The predicted octanol–water partition coefficient (Wildman–Crippen LogP) is 4.41. The molecule has 1 atom stereocenters. The Morgan fingerprint density at radius 2 is 1.76 bits per heavy atom. The number of nitrogens with one attached hydrogen (secondary N) is 2. The average Bonchev–Trinajstić information content (AvgIpc) is 3.01. The Labute approximate surface area is 128 Å². The molecule has 1 saturated carbocycles. The number of amides is 2. The molecule has 1 fully saturated rings. The minimum absolute atomic E-state index is 0.0114. The topological polar surface area (TPSA) is 41.1 Å². The number of benzene rings is 1. The van der Waals surface area contributed by atoms with Crippen molar-refractivity contribution in [3.05, 3.63) is 35.9 Å². The van der Waals surface area contributed by atoms with Gasteiger partial charge in [-0.1, -0.05) is 69.9 Å². The van der Waals surface area contributed by atoms with Gasteiger partial charge >= 0.3 is 6.03 Å². The van der Waals surface area contributed by atoms with E-state index in [0.717, 1.165) is 25.7 Å². The van der Waals surface area contributed by atoms with Gasteiger partial charge in [0.1, 0.15) is 0 Å². The van der Waals surface area contributed by atoms with Crippen molar-refractivity contribution in [2.75, 3.05) is 0 Å². The Bertz CT molecular complexity index is 422. The monoisotopic (exact) mass is 288 g/mol. The van der Waals surface area contributed by atoms with E-state index < -0.39 is 0 Å². The number of carbonyl (C=O) groups is 1. The van der Waals surface area contributed by atoms with E-state index in [1.54, 1.807) is 0 Å². The maximum atomic E-state index is 12.3. The Morgan fingerprint density at radius 1 is 1.14 bits per heavy atom. The van der Waals surface area contributed by atoms with Crippen LogP contribution in [0.5, 0.6) is 0 Å². The molecule has 0 bridgehead atoms. The highest BCUT2D eigenvalue weighted by molar-refractivity contribution is 5.74. The third kappa shape index (κ3) is 4.48. The lowest BCUT2D eigenvalue weighted by Gasteiger charge is -2.27. The Hall–Kier alpha value is -1.51. The van der Waals surface area contributed by atoms with Crippen LogP contribution in [0.4, 0.5) is 4.79 Å². The molecule has 3 nitrogen and oxygen atoms in total. The molecule has 0 aliphatic heterocycles. The van der Waals surface area contributed by atoms with E-state index in [2.05, 4.69) is 36.6 Å². The van der Waals surface area contributed by atoms with E-state index >= 15 is 0 Å². The maximum Gasteiger partial charge on any atom is 0.315 e. The van der Waals surface area contributed by atoms with Crippen LogP contribution >= 0.6 is 0 Å². The van der Waals surface area contributed by atoms with Gasteiger partial charge in [0.2, 0.25) is 0 Å². The smallest absolute Gasteiger partial charge is 0.315 e. The van der Waals surface area contributed by atoms with E-state index in [0.29, 0.717) is 12.0 Å². The van der Waals surface area contributed by atoms with Crippen molar-refractivity contribution < 1.29 is 4.79 Å². The van der Waals surface area contributed by atoms with Gasteiger partial charge in [0.05, 0.1) is 6.04 Å². The molecule has 1 unspecified atom stereocenters. The number of carbonyl (C=O) groups excluding carboxylic acids is 1. The van der Waals surface area contributed by atoms with Crippen LogP contribution in [-0.2, 0) is 0 Å². The van der Waals surface area contributed by atoms with E-state index in [4.69, 9.17) is 0 Å². The first-order chi connectivity index (χ1) is 10.2. The zero-order chi connectivity index (χ0) is 15.1. The third-order valence-electron chi connectivity index (χ3n) is 4.66. The first kappa shape index (κ1) is 15.9. The second-order valence-electron chi connectivity index (χ2n) is 6.06. The van der Waals surface area contributed by atoms with Crippen LogP contribution < -0.4 is 10.6 Å². The van der Waals surface area contributed by atoms with Gasteiger partial charge in [-0.3, -0.25) is 0 Å². The van der Waals surface area contributed by atoms with E-state index in [9.17, 15) is 4.79 Å². The van der Waals surface area contributed by atoms with Crippen molar-refractivity contribution in [1.82, 2.24) is 10.6 Å². The van der Waals surface area contributed by atoms with Crippen LogP contribution in [0, 0.1) is 5.92 Å². The van der Waals surface area contributed by atoms with Crippen molar-refractivity contribution in [2.45, 2.75) is 64.5 Å². The highest BCUT2D eigenvalue weighted by Crippen LogP contribution is 2.27. The lowest BCUT2D eigenvalue weighted by molar-refractivity contribution is 0.225. The van der Waals surface area contributed by atoms with Gasteiger partial charge in [-0.15, -0.1) is 0 Å². The number of hydrogen-bond donors (Lipinski definition) is 2. The fourth-order valence-electron chi connectivity index (χ4n) is 3.33. The first-order valence-corrected chi connectivity index (χ1v) is 8.36. The quantitative estimate of drug-likeness (QED) is 0.800. The summed E-state index contributed by atoms with van der Waals surface area (Å²) in [7, 11) is 0. The highest BCUT2D eigenvalue weighted by Gasteiger charge is 2.24. The van der Waals surface area contributed by atoms with E-state index in [1.165, 1.54) is 18.4 Å². The molecule has 3 heteroatoms. The van der Waals surface area contributed by atoms with Crippen LogP contribution in [0.25, 0.3) is 0 Å². The average molecular weight is 288 g/mol. The van der Waals surface area contributed by atoms with Gasteiger partial charge in [-0.25, -0.2) is 4.79 Å². The van der Waals surface area contributed by atoms with Gasteiger partial charge in [0, 0.05) is 6.04 Å². The number of urea groups is 1. The van der Waals surface area contributed by atoms with Gasteiger partial charge < -0.3 is 10.6 Å². The SMILES string of the molecule is CCC(CC)C(NC(=O)NC1CCCC1)c1ccccc1. The van der Waals surface area contributed by atoms with Gasteiger partial charge in [0.25, 0.3) is 0 Å². The second kappa shape index (κ2) is 8.06. The molecule has 1 aliphatic carbocycles. The lowest BCUT2D eigenvalue weighted by Crippen LogP contribution is -2.44. The molecule has 2 amide bonds. The van der Waals surface area contributed by atoms with Crippen LogP contribution in [-0.4, -0.2) is 12.1 Å². The minimum Gasteiger partial charge on any atom is -0.335 e. The fourth-order valence-corrected chi connectivity index (χ4v) is 3.33. The van der Waals surface area contributed by atoms with Crippen LogP contribution in [0.1, 0.15) is 64.0 Å². The molecule has 116 valence electrons. The summed E-state index contributed by atoms with van der Waals surface area (Å²) in [6, 6.07) is 10.8. The molecular formula is C18H28N2O. The summed E-state index contributed by atoms with van der Waals surface area (Å²) in [6.45, 7) is 4.39. The molecule has 0 radical (unpaired) electrons. The summed E-state index contributed by atoms with van der Waals surface area (Å²) in [4.78, 5) is 12.3. The summed E-state index contributed by atoms with van der Waals surface area (Å²) in [6.07, 6.45) is 6.85. The predicted molar refractivity (Wildman–Crippen MR) is 87.2 cm³/mol. The lowest BCUT2D eigenvalue weighted by atomic mass is 9.89. The summed E-state index contributed by atoms with van der Waals surface area (Å²) in [5.41, 5.74) is 1.20. The molecule has 0 spiro atoms. The first-order valence-electron chi connectivity index (χ1n) is 8.36. The number of hydrogen-bond acceptors (Lipinski definition) is 1. The molecule has 0 heterocycles. The zero-order valence-electron chi connectivity index (χ0n) is 13.3. The molecule has 0 aromatic heterocycles. The van der Waals surface area contributed by atoms with Crippen molar-refractivity contribution in [2.24, 2.45) is 5.92 Å². The summed E-state index contributed by atoms with van der Waals surface area (Å²) < 4.78 is 0. The third-order valence-corrected chi connectivity index (χ3v) is 4.66. The van der Waals surface area contributed by atoms with Crippen molar-refractivity contribution in [3.8, 4) is 0 Å². The molecule has 1 aromatic carbocycles. The summed E-state index contributed by atoms with van der Waals surface area (Å²) >= 11 is 0. The summed E-state index contributed by atoms with van der Waals surface area (Å²) in [5.74, 6) is 0.474. The Morgan fingerprint density at radius 3 is 2.33 bits per heavy atom. The van der Waals surface area contributed by atoms with Crippen LogP contribution in [0.3, 0.4) is 0 Å². The molecule has 2 N–H and O–H groups in total. The van der Waals surface area contributed by atoms with E-state index in [1.807, 2.05) is 18.2 Å². The normalized spacial score (nSPS) is 16.9. The van der Waals surface area contributed by atoms with Crippen LogP contribution in [0.2, 0.25) is 0 Å². The number of rotatable bonds is 6. The zero-order valence-corrected chi connectivity index (χ0v) is 13.3. The van der Waals surface area contributed by atoms with Gasteiger partial charge in [0.15, 0.2) is 0 Å².